The molecule has 0 aromatic rings. The molecule has 1 aliphatic heterocycles. The highest BCUT2D eigenvalue weighted by Gasteiger charge is 2.29. The Morgan fingerprint density at radius 3 is 2.35 bits per heavy atom. The molecule has 0 saturated carbocycles. The first-order valence-corrected chi connectivity index (χ1v) is 7.16. The summed E-state index contributed by atoms with van der Waals surface area (Å²) in [7, 11) is 0. The lowest BCUT2D eigenvalue weighted by molar-refractivity contribution is -0.138. The molecule has 2 amide bonds. The minimum atomic E-state index is -1.29. The summed E-state index contributed by atoms with van der Waals surface area (Å²) in [4.78, 5) is 25.6. The van der Waals surface area contributed by atoms with Crippen molar-refractivity contribution < 1.29 is 19.8 Å². The number of nitrogens with one attached hydrogen (secondary N) is 1. The van der Waals surface area contributed by atoms with E-state index in [0.717, 1.165) is 0 Å². The summed E-state index contributed by atoms with van der Waals surface area (Å²) in [5.74, 6) is -0.122. The number of likely N-dealkylation sites (tertiary alicyclic amines) is 1. The SMILES string of the molecule is CC(C)C(=O)N1CCC(C(=O)NCC(C)(O)CO)CC1. The Hall–Kier alpha value is -1.14. The zero-order valence-electron chi connectivity index (χ0n) is 12.6. The highest BCUT2D eigenvalue weighted by Crippen LogP contribution is 2.19. The molecule has 0 aromatic carbocycles. The number of aliphatic hydroxyl groups is 2. The van der Waals surface area contributed by atoms with E-state index in [0.29, 0.717) is 25.9 Å². The quantitative estimate of drug-likeness (QED) is 0.649. The van der Waals surface area contributed by atoms with E-state index in [1.807, 2.05) is 13.8 Å². The van der Waals surface area contributed by atoms with Gasteiger partial charge in [-0.05, 0) is 19.8 Å². The lowest BCUT2D eigenvalue weighted by Gasteiger charge is -2.33. The summed E-state index contributed by atoms with van der Waals surface area (Å²) in [6.45, 7) is 6.06. The minimum absolute atomic E-state index is 0.0139. The number of hydrogen-bond donors (Lipinski definition) is 3. The van der Waals surface area contributed by atoms with E-state index in [-0.39, 0.29) is 30.2 Å². The average Bonchev–Trinajstić information content (AvgIpc) is 2.44. The van der Waals surface area contributed by atoms with E-state index in [2.05, 4.69) is 5.32 Å². The number of nitrogens with zero attached hydrogens (tertiary/aromatic N) is 1. The van der Waals surface area contributed by atoms with Crippen LogP contribution in [0.15, 0.2) is 0 Å². The summed E-state index contributed by atoms with van der Waals surface area (Å²) >= 11 is 0. The van der Waals surface area contributed by atoms with Gasteiger partial charge in [0.2, 0.25) is 11.8 Å². The third kappa shape index (κ3) is 4.76. The minimum Gasteiger partial charge on any atom is -0.393 e. The van der Waals surface area contributed by atoms with Crippen LogP contribution in [0.3, 0.4) is 0 Å². The van der Waals surface area contributed by atoms with Crippen LogP contribution in [0.1, 0.15) is 33.6 Å². The highest BCUT2D eigenvalue weighted by molar-refractivity contribution is 5.80. The normalized spacial score (nSPS) is 19.8. The van der Waals surface area contributed by atoms with Crippen LogP contribution in [0, 0.1) is 11.8 Å². The first kappa shape index (κ1) is 16.9. The second kappa shape index (κ2) is 7.04. The molecule has 1 atom stereocenters. The maximum atomic E-state index is 12.0. The number of piperidine rings is 1. The van der Waals surface area contributed by atoms with Crippen LogP contribution in [0.25, 0.3) is 0 Å². The van der Waals surface area contributed by atoms with E-state index in [1.54, 1.807) is 4.90 Å². The number of aliphatic hydroxyl groups excluding tert-OH is 1. The molecule has 0 aliphatic carbocycles. The Morgan fingerprint density at radius 2 is 1.90 bits per heavy atom. The fraction of sp³-hybridized carbons (Fsp3) is 0.857. The summed E-state index contributed by atoms with van der Waals surface area (Å²) in [6, 6.07) is 0. The molecule has 0 aromatic heterocycles. The molecule has 1 unspecified atom stereocenters. The van der Waals surface area contributed by atoms with Crippen LogP contribution in [-0.2, 0) is 9.59 Å². The van der Waals surface area contributed by atoms with E-state index in [1.165, 1.54) is 6.92 Å². The largest absolute Gasteiger partial charge is 0.393 e. The summed E-state index contributed by atoms with van der Waals surface area (Å²) in [5, 5.41) is 21.2. The molecule has 1 saturated heterocycles. The molecular formula is C14H26N2O4. The average molecular weight is 286 g/mol. The zero-order chi connectivity index (χ0) is 15.3. The van der Waals surface area contributed by atoms with Crippen molar-refractivity contribution in [2.45, 2.75) is 39.2 Å². The van der Waals surface area contributed by atoms with Crippen molar-refractivity contribution in [2.24, 2.45) is 11.8 Å². The molecule has 6 heteroatoms. The van der Waals surface area contributed by atoms with Gasteiger partial charge in [0, 0.05) is 31.5 Å². The van der Waals surface area contributed by atoms with Crippen molar-refractivity contribution >= 4 is 11.8 Å². The Balaban J connectivity index is 2.38. The van der Waals surface area contributed by atoms with Gasteiger partial charge in [0.1, 0.15) is 5.60 Å². The molecule has 1 heterocycles. The molecule has 6 nitrogen and oxygen atoms in total. The predicted octanol–water partition coefficient (Wildman–Crippen LogP) is -0.259. The lowest BCUT2D eigenvalue weighted by Crippen LogP contribution is -2.48. The summed E-state index contributed by atoms with van der Waals surface area (Å²) in [6.07, 6.45) is 1.29. The van der Waals surface area contributed by atoms with Crippen LogP contribution >= 0.6 is 0 Å². The Kier molecular flexibility index (Phi) is 5.95. The maximum Gasteiger partial charge on any atom is 0.225 e. The molecule has 1 rings (SSSR count). The number of hydrogen-bond acceptors (Lipinski definition) is 4. The Labute approximate surface area is 120 Å². The van der Waals surface area contributed by atoms with Crippen molar-refractivity contribution in [3.8, 4) is 0 Å². The van der Waals surface area contributed by atoms with Crippen LogP contribution in [-0.4, -0.2) is 58.8 Å². The first-order valence-electron chi connectivity index (χ1n) is 7.16. The number of carbonyl (C=O) groups excluding carboxylic acids is 2. The number of rotatable bonds is 5. The molecule has 1 aliphatic rings. The summed E-state index contributed by atoms with van der Waals surface area (Å²) in [5.41, 5.74) is -1.29. The first-order chi connectivity index (χ1) is 9.26. The molecule has 0 bridgehead atoms. The fourth-order valence-corrected chi connectivity index (χ4v) is 2.20. The van der Waals surface area contributed by atoms with Gasteiger partial charge >= 0.3 is 0 Å². The number of amides is 2. The second-order valence-electron chi connectivity index (χ2n) is 6.13. The Bertz CT molecular complexity index is 347. The van der Waals surface area contributed by atoms with E-state index >= 15 is 0 Å². The highest BCUT2D eigenvalue weighted by atomic mass is 16.3. The maximum absolute atomic E-state index is 12.0. The van der Waals surface area contributed by atoms with E-state index in [4.69, 9.17) is 5.11 Å². The standard InChI is InChI=1S/C14H26N2O4/c1-10(2)13(19)16-6-4-11(5-7-16)12(18)15-8-14(3,20)9-17/h10-11,17,20H,4-9H2,1-3H3,(H,15,18). The van der Waals surface area contributed by atoms with Crippen LogP contribution < -0.4 is 5.32 Å². The van der Waals surface area contributed by atoms with Gasteiger partial charge in [0.25, 0.3) is 0 Å². The van der Waals surface area contributed by atoms with Crippen molar-refractivity contribution in [3.63, 3.8) is 0 Å². The molecule has 0 radical (unpaired) electrons. The monoisotopic (exact) mass is 286 g/mol. The second-order valence-corrected chi connectivity index (χ2v) is 6.13. The van der Waals surface area contributed by atoms with Gasteiger partial charge in [0.05, 0.1) is 6.61 Å². The molecule has 116 valence electrons. The van der Waals surface area contributed by atoms with Crippen molar-refractivity contribution in [3.05, 3.63) is 0 Å². The van der Waals surface area contributed by atoms with Crippen LogP contribution in [0.5, 0.6) is 0 Å². The third-order valence-electron chi connectivity index (χ3n) is 3.66. The van der Waals surface area contributed by atoms with Crippen molar-refractivity contribution in [1.29, 1.82) is 0 Å². The summed E-state index contributed by atoms with van der Waals surface area (Å²) < 4.78 is 0. The zero-order valence-corrected chi connectivity index (χ0v) is 12.6. The van der Waals surface area contributed by atoms with Gasteiger partial charge in [-0.2, -0.15) is 0 Å². The number of carbonyl (C=O) groups is 2. The topological polar surface area (TPSA) is 89.9 Å². The van der Waals surface area contributed by atoms with Crippen molar-refractivity contribution in [2.75, 3.05) is 26.2 Å². The lowest BCUT2D eigenvalue weighted by atomic mass is 9.94. The molecule has 1 fully saturated rings. The van der Waals surface area contributed by atoms with Gasteiger partial charge in [-0.15, -0.1) is 0 Å². The van der Waals surface area contributed by atoms with Gasteiger partial charge in [0.15, 0.2) is 0 Å². The van der Waals surface area contributed by atoms with Gasteiger partial charge in [-0.3, -0.25) is 9.59 Å². The Morgan fingerprint density at radius 1 is 1.35 bits per heavy atom. The van der Waals surface area contributed by atoms with Crippen LogP contribution in [0.4, 0.5) is 0 Å². The third-order valence-corrected chi connectivity index (χ3v) is 3.66. The van der Waals surface area contributed by atoms with Gasteiger partial charge in [-0.1, -0.05) is 13.8 Å². The van der Waals surface area contributed by atoms with Crippen molar-refractivity contribution in [1.82, 2.24) is 10.2 Å². The molecule has 20 heavy (non-hydrogen) atoms. The molecule has 3 N–H and O–H groups in total. The van der Waals surface area contributed by atoms with E-state index < -0.39 is 12.2 Å². The smallest absolute Gasteiger partial charge is 0.225 e. The van der Waals surface area contributed by atoms with Gasteiger partial charge < -0.3 is 20.4 Å². The predicted molar refractivity (Wildman–Crippen MR) is 74.9 cm³/mol. The van der Waals surface area contributed by atoms with E-state index in [9.17, 15) is 14.7 Å². The fourth-order valence-electron chi connectivity index (χ4n) is 2.20. The molecule has 0 spiro atoms. The van der Waals surface area contributed by atoms with Crippen LogP contribution in [0.2, 0.25) is 0 Å². The molecular weight excluding hydrogens is 260 g/mol. The van der Waals surface area contributed by atoms with Gasteiger partial charge in [-0.25, -0.2) is 0 Å².